The van der Waals surface area contributed by atoms with Crippen LogP contribution in [-0.4, -0.2) is 78.5 Å². The summed E-state index contributed by atoms with van der Waals surface area (Å²) >= 11 is 0. The van der Waals surface area contributed by atoms with E-state index < -0.39 is 41.7 Å². The maximum Gasteiger partial charge on any atom is 0.328 e. The third kappa shape index (κ3) is 5.68. The zero-order valence-electron chi connectivity index (χ0n) is 17.5. The van der Waals surface area contributed by atoms with Gasteiger partial charge in [0.15, 0.2) is 0 Å². The number of halogens is 1. The largest absolute Gasteiger partial charge is 0.467 e. The van der Waals surface area contributed by atoms with Crippen molar-refractivity contribution >= 4 is 23.8 Å². The first-order valence-corrected chi connectivity index (χ1v) is 9.64. The van der Waals surface area contributed by atoms with Gasteiger partial charge in [0, 0.05) is 24.7 Å². The van der Waals surface area contributed by atoms with Crippen LogP contribution < -0.4 is 10.6 Å². The SMILES string of the molecule is COC(=O)[C@@H](C)NC(=O)[C@@H]1CN(C(=O)c2cccc(F)c2)CCN1C(=O)NC(C)C. The zero-order valence-corrected chi connectivity index (χ0v) is 17.5. The minimum absolute atomic E-state index is 0.0966. The van der Waals surface area contributed by atoms with Gasteiger partial charge in [-0.05, 0) is 39.0 Å². The minimum atomic E-state index is -1.03. The fourth-order valence-electron chi connectivity index (χ4n) is 3.11. The van der Waals surface area contributed by atoms with Crippen LogP contribution in [0, 0.1) is 5.82 Å². The quantitative estimate of drug-likeness (QED) is 0.681. The van der Waals surface area contributed by atoms with Gasteiger partial charge >= 0.3 is 12.0 Å². The molecule has 2 N–H and O–H groups in total. The normalized spacial score (nSPS) is 17.3. The number of rotatable bonds is 5. The van der Waals surface area contributed by atoms with Crippen LogP contribution >= 0.6 is 0 Å². The molecule has 1 saturated heterocycles. The third-order valence-electron chi connectivity index (χ3n) is 4.63. The van der Waals surface area contributed by atoms with Crippen LogP contribution in [0.4, 0.5) is 9.18 Å². The monoisotopic (exact) mass is 422 g/mol. The number of carbonyl (C=O) groups is 4. The molecule has 2 atom stereocenters. The second-order valence-electron chi connectivity index (χ2n) is 7.33. The number of amides is 4. The lowest BCUT2D eigenvalue weighted by Gasteiger charge is -2.41. The maximum atomic E-state index is 13.5. The van der Waals surface area contributed by atoms with Gasteiger partial charge in [0.2, 0.25) is 5.91 Å². The van der Waals surface area contributed by atoms with Gasteiger partial charge < -0.3 is 25.2 Å². The molecule has 0 radical (unpaired) electrons. The third-order valence-corrected chi connectivity index (χ3v) is 4.63. The topological polar surface area (TPSA) is 108 Å². The van der Waals surface area contributed by atoms with Crippen LogP contribution in [0.3, 0.4) is 0 Å². The van der Waals surface area contributed by atoms with Crippen molar-refractivity contribution < 1.29 is 28.3 Å². The summed E-state index contributed by atoms with van der Waals surface area (Å²) < 4.78 is 18.1. The van der Waals surface area contributed by atoms with Gasteiger partial charge in [-0.15, -0.1) is 0 Å². The second-order valence-corrected chi connectivity index (χ2v) is 7.33. The lowest BCUT2D eigenvalue weighted by molar-refractivity contribution is -0.145. The Morgan fingerprint density at radius 1 is 1.13 bits per heavy atom. The summed E-state index contributed by atoms with van der Waals surface area (Å²) in [6, 6.07) is 2.71. The Morgan fingerprint density at radius 2 is 1.83 bits per heavy atom. The van der Waals surface area contributed by atoms with Crippen molar-refractivity contribution in [1.29, 1.82) is 0 Å². The van der Waals surface area contributed by atoms with E-state index in [0.29, 0.717) is 0 Å². The van der Waals surface area contributed by atoms with Gasteiger partial charge in [0.1, 0.15) is 17.9 Å². The summed E-state index contributed by atoms with van der Waals surface area (Å²) in [6.45, 7) is 5.22. The summed E-state index contributed by atoms with van der Waals surface area (Å²) in [6.07, 6.45) is 0. The molecule has 30 heavy (non-hydrogen) atoms. The zero-order chi connectivity index (χ0) is 22.4. The van der Waals surface area contributed by atoms with Gasteiger partial charge in [0.05, 0.1) is 13.7 Å². The molecule has 0 saturated carbocycles. The standard InChI is InChI=1S/C20H27FN4O5/c1-12(2)22-20(29)25-9-8-24(18(27)14-6-5-7-15(21)10-14)11-16(25)17(26)23-13(3)19(28)30-4/h5-7,10,12-13,16H,8-9,11H2,1-4H3,(H,22,29)(H,23,26)/t13-,16+/m1/s1. The molecule has 4 amide bonds. The summed E-state index contributed by atoms with van der Waals surface area (Å²) in [5.74, 6) is -2.22. The fraction of sp³-hybridized carbons (Fsp3) is 0.500. The highest BCUT2D eigenvalue weighted by Gasteiger charge is 2.38. The van der Waals surface area contributed by atoms with Crippen LogP contribution in [0.5, 0.6) is 0 Å². The van der Waals surface area contributed by atoms with Crippen molar-refractivity contribution in [3.63, 3.8) is 0 Å². The highest BCUT2D eigenvalue weighted by Crippen LogP contribution is 2.15. The van der Waals surface area contributed by atoms with Crippen molar-refractivity contribution in [3.05, 3.63) is 35.6 Å². The van der Waals surface area contributed by atoms with Gasteiger partial charge in [-0.1, -0.05) is 6.07 Å². The van der Waals surface area contributed by atoms with E-state index in [2.05, 4.69) is 15.4 Å². The molecule has 0 unspecified atom stereocenters. The van der Waals surface area contributed by atoms with E-state index in [4.69, 9.17) is 0 Å². The molecule has 0 aliphatic carbocycles. The van der Waals surface area contributed by atoms with E-state index in [-0.39, 0.29) is 31.2 Å². The number of ether oxygens (including phenoxy) is 1. The molecule has 1 aliphatic rings. The molecule has 1 aromatic carbocycles. The number of methoxy groups -OCH3 is 1. The molecule has 164 valence electrons. The van der Waals surface area contributed by atoms with E-state index in [1.54, 1.807) is 13.8 Å². The highest BCUT2D eigenvalue weighted by molar-refractivity contribution is 5.96. The number of nitrogens with one attached hydrogen (secondary N) is 2. The fourth-order valence-corrected chi connectivity index (χ4v) is 3.11. The van der Waals surface area contributed by atoms with Crippen LogP contribution in [0.25, 0.3) is 0 Å². The Kier molecular flexibility index (Phi) is 7.73. The molecule has 1 aliphatic heterocycles. The van der Waals surface area contributed by atoms with Crippen LogP contribution in [0.15, 0.2) is 24.3 Å². The lowest BCUT2D eigenvalue weighted by Crippen LogP contribution is -2.64. The number of hydrogen-bond donors (Lipinski definition) is 2. The molecule has 2 rings (SSSR count). The molecule has 0 aromatic heterocycles. The average Bonchev–Trinajstić information content (AvgIpc) is 2.71. The molecule has 10 heteroatoms. The summed E-state index contributed by atoms with van der Waals surface area (Å²) in [5.41, 5.74) is 0.150. The Morgan fingerprint density at radius 3 is 2.43 bits per heavy atom. The predicted molar refractivity (Wildman–Crippen MR) is 106 cm³/mol. The molecule has 0 spiro atoms. The Bertz CT molecular complexity index is 816. The van der Waals surface area contributed by atoms with Crippen LogP contribution in [0.2, 0.25) is 0 Å². The molecule has 9 nitrogen and oxygen atoms in total. The Balaban J connectivity index is 2.22. The summed E-state index contributed by atoms with van der Waals surface area (Å²) in [5, 5.41) is 5.24. The lowest BCUT2D eigenvalue weighted by atomic mass is 10.1. The van der Waals surface area contributed by atoms with Crippen molar-refractivity contribution in [2.75, 3.05) is 26.7 Å². The van der Waals surface area contributed by atoms with E-state index in [9.17, 15) is 23.6 Å². The predicted octanol–water partition coefficient (Wildman–Crippen LogP) is 0.748. The molecular weight excluding hydrogens is 395 g/mol. The van der Waals surface area contributed by atoms with Crippen molar-refractivity contribution in [2.45, 2.75) is 38.9 Å². The molecule has 1 fully saturated rings. The highest BCUT2D eigenvalue weighted by atomic mass is 19.1. The van der Waals surface area contributed by atoms with Crippen LogP contribution in [0.1, 0.15) is 31.1 Å². The van der Waals surface area contributed by atoms with E-state index in [1.807, 2.05) is 0 Å². The number of carbonyl (C=O) groups excluding carboxylic acids is 4. The summed E-state index contributed by atoms with van der Waals surface area (Å²) in [7, 11) is 1.20. The first-order valence-electron chi connectivity index (χ1n) is 9.64. The number of nitrogens with zero attached hydrogens (tertiary/aromatic N) is 2. The summed E-state index contributed by atoms with van der Waals surface area (Å²) in [4.78, 5) is 52.6. The van der Waals surface area contributed by atoms with Crippen molar-refractivity contribution in [3.8, 4) is 0 Å². The van der Waals surface area contributed by atoms with Crippen molar-refractivity contribution in [1.82, 2.24) is 20.4 Å². The number of benzene rings is 1. The number of hydrogen-bond acceptors (Lipinski definition) is 5. The molecule has 0 bridgehead atoms. The van der Waals surface area contributed by atoms with Gasteiger partial charge in [-0.2, -0.15) is 0 Å². The second kappa shape index (κ2) is 10.0. The van der Waals surface area contributed by atoms with Gasteiger partial charge in [-0.25, -0.2) is 14.0 Å². The van der Waals surface area contributed by atoms with E-state index in [1.165, 1.54) is 42.0 Å². The Hall–Kier alpha value is -3.17. The van der Waals surface area contributed by atoms with Gasteiger partial charge in [0.25, 0.3) is 5.91 Å². The van der Waals surface area contributed by atoms with Crippen molar-refractivity contribution in [2.24, 2.45) is 0 Å². The smallest absolute Gasteiger partial charge is 0.328 e. The maximum absolute atomic E-state index is 13.5. The number of urea groups is 1. The molecule has 1 aromatic rings. The average molecular weight is 422 g/mol. The first kappa shape index (κ1) is 23.1. The van der Waals surface area contributed by atoms with Crippen LogP contribution in [-0.2, 0) is 14.3 Å². The van der Waals surface area contributed by atoms with E-state index in [0.717, 1.165) is 6.07 Å². The first-order chi connectivity index (χ1) is 14.1. The minimum Gasteiger partial charge on any atom is -0.467 e. The number of piperazine rings is 1. The van der Waals surface area contributed by atoms with Gasteiger partial charge in [-0.3, -0.25) is 9.59 Å². The molecule has 1 heterocycles. The number of esters is 1. The molecular formula is C20H27FN4O5. The Labute approximate surface area is 174 Å². The van der Waals surface area contributed by atoms with E-state index >= 15 is 0 Å².